The molecule has 0 radical (unpaired) electrons. The molecule has 0 aliphatic carbocycles. The monoisotopic (exact) mass is 154 g/mol. The van der Waals surface area contributed by atoms with Gasteiger partial charge in [0.2, 0.25) is 0 Å². The van der Waals surface area contributed by atoms with Gasteiger partial charge >= 0.3 is 5.97 Å². The molecule has 2 N–H and O–H groups in total. The third-order valence-corrected chi connectivity index (χ3v) is 1.26. The van der Waals surface area contributed by atoms with Crippen molar-refractivity contribution in [3.8, 4) is 0 Å². The van der Waals surface area contributed by atoms with Crippen molar-refractivity contribution in [2.45, 2.75) is 6.92 Å². The van der Waals surface area contributed by atoms with Crippen molar-refractivity contribution in [3.63, 3.8) is 0 Å². The van der Waals surface area contributed by atoms with Crippen LogP contribution in [0.1, 0.15) is 16.1 Å². The summed E-state index contributed by atoms with van der Waals surface area (Å²) in [4.78, 5) is 27.0. The molecule has 0 atom stereocenters. The minimum absolute atomic E-state index is 0.223. The third kappa shape index (κ3) is 1.26. The van der Waals surface area contributed by atoms with E-state index >= 15 is 0 Å². The number of hydrogen-bond acceptors (Lipinski definition) is 3. The highest BCUT2D eigenvalue weighted by atomic mass is 16.4. The van der Waals surface area contributed by atoms with Crippen molar-refractivity contribution in [1.82, 2.24) is 9.97 Å². The number of nitrogens with one attached hydrogen (secondary N) is 1. The van der Waals surface area contributed by atoms with E-state index in [-0.39, 0.29) is 11.3 Å². The standard InChI is InChI=1S/C6H6N2O3/c1-3-4(6(10)11)5(9)8-2-7-3/h2H,1H3,(H,10,11)(H,7,8,9). The van der Waals surface area contributed by atoms with E-state index in [0.29, 0.717) is 0 Å². The fourth-order valence-electron chi connectivity index (χ4n) is 0.741. The van der Waals surface area contributed by atoms with Crippen molar-refractivity contribution in [3.05, 3.63) is 27.9 Å². The number of aromatic amines is 1. The third-order valence-electron chi connectivity index (χ3n) is 1.26. The number of hydrogen-bond donors (Lipinski definition) is 2. The van der Waals surface area contributed by atoms with Crippen LogP contribution in [-0.2, 0) is 0 Å². The van der Waals surface area contributed by atoms with Gasteiger partial charge in [-0.1, -0.05) is 0 Å². The van der Waals surface area contributed by atoms with E-state index in [9.17, 15) is 9.59 Å². The van der Waals surface area contributed by atoms with Crippen LogP contribution in [0, 0.1) is 6.92 Å². The maximum absolute atomic E-state index is 10.8. The number of rotatable bonds is 1. The molecule has 0 saturated carbocycles. The van der Waals surface area contributed by atoms with Gasteiger partial charge in [0.05, 0.1) is 12.0 Å². The molecule has 1 rings (SSSR count). The highest BCUT2D eigenvalue weighted by molar-refractivity contribution is 5.88. The van der Waals surface area contributed by atoms with Gasteiger partial charge in [0, 0.05) is 0 Å². The lowest BCUT2D eigenvalue weighted by atomic mass is 10.2. The van der Waals surface area contributed by atoms with E-state index in [4.69, 9.17) is 5.11 Å². The molecule has 0 aromatic carbocycles. The molecule has 0 unspecified atom stereocenters. The summed E-state index contributed by atoms with van der Waals surface area (Å²) < 4.78 is 0. The molecule has 0 fully saturated rings. The van der Waals surface area contributed by atoms with Crippen LogP contribution in [0.15, 0.2) is 11.1 Å². The predicted molar refractivity (Wildman–Crippen MR) is 36.6 cm³/mol. The van der Waals surface area contributed by atoms with Crippen LogP contribution in [-0.4, -0.2) is 21.0 Å². The van der Waals surface area contributed by atoms with Crippen molar-refractivity contribution >= 4 is 5.97 Å². The smallest absolute Gasteiger partial charge is 0.343 e. The number of aromatic carboxylic acids is 1. The molecule has 5 nitrogen and oxygen atoms in total. The molecule has 0 aliphatic rings. The van der Waals surface area contributed by atoms with Crippen LogP contribution in [0.4, 0.5) is 0 Å². The van der Waals surface area contributed by atoms with Gasteiger partial charge < -0.3 is 10.1 Å². The maximum atomic E-state index is 10.8. The molecule has 0 amide bonds. The summed E-state index contributed by atoms with van der Waals surface area (Å²) >= 11 is 0. The van der Waals surface area contributed by atoms with Gasteiger partial charge in [-0.05, 0) is 6.92 Å². The Bertz CT molecular complexity index is 342. The average Bonchev–Trinajstić information content (AvgIpc) is 1.85. The topological polar surface area (TPSA) is 83.0 Å². The van der Waals surface area contributed by atoms with E-state index in [1.165, 1.54) is 13.3 Å². The first-order valence-electron chi connectivity index (χ1n) is 2.90. The molecule has 0 bridgehead atoms. The van der Waals surface area contributed by atoms with Crippen molar-refractivity contribution < 1.29 is 9.90 Å². The lowest BCUT2D eigenvalue weighted by Gasteiger charge is -1.94. The van der Waals surface area contributed by atoms with Gasteiger partial charge in [0.15, 0.2) is 0 Å². The van der Waals surface area contributed by atoms with Crippen LogP contribution in [0.2, 0.25) is 0 Å². The number of carboxylic acid groups (broad SMARTS) is 1. The lowest BCUT2D eigenvalue weighted by molar-refractivity contribution is 0.0693. The second-order valence-corrected chi connectivity index (χ2v) is 2.00. The van der Waals surface area contributed by atoms with Crippen LogP contribution >= 0.6 is 0 Å². The zero-order chi connectivity index (χ0) is 8.43. The Hall–Kier alpha value is -1.65. The summed E-state index contributed by atoms with van der Waals surface area (Å²) in [5.74, 6) is -1.25. The quantitative estimate of drug-likeness (QED) is 0.585. The van der Waals surface area contributed by atoms with Crippen LogP contribution in [0.5, 0.6) is 0 Å². The van der Waals surface area contributed by atoms with Gasteiger partial charge in [-0.2, -0.15) is 0 Å². The summed E-state index contributed by atoms with van der Waals surface area (Å²) in [5, 5.41) is 8.49. The second kappa shape index (κ2) is 2.53. The van der Waals surface area contributed by atoms with Crippen LogP contribution < -0.4 is 5.56 Å². The SMILES string of the molecule is Cc1nc[nH]c(=O)c1C(=O)O. The largest absolute Gasteiger partial charge is 0.477 e. The Morgan fingerprint density at radius 1 is 1.73 bits per heavy atom. The molecule has 1 aromatic rings. The van der Waals surface area contributed by atoms with E-state index in [2.05, 4.69) is 9.97 Å². The first-order valence-corrected chi connectivity index (χ1v) is 2.90. The molecule has 58 valence electrons. The van der Waals surface area contributed by atoms with Gasteiger partial charge in [-0.15, -0.1) is 0 Å². The minimum Gasteiger partial charge on any atom is -0.477 e. The fourth-order valence-corrected chi connectivity index (χ4v) is 0.741. The van der Waals surface area contributed by atoms with Crippen molar-refractivity contribution in [1.29, 1.82) is 0 Å². The summed E-state index contributed by atoms with van der Waals surface area (Å²) in [5.41, 5.74) is -0.696. The molecule has 0 spiro atoms. The maximum Gasteiger partial charge on any atom is 0.343 e. The summed E-state index contributed by atoms with van der Waals surface area (Å²) in [6.07, 6.45) is 1.17. The summed E-state index contributed by atoms with van der Waals surface area (Å²) in [6.45, 7) is 1.47. The average molecular weight is 154 g/mol. The highest BCUT2D eigenvalue weighted by Crippen LogP contribution is 1.94. The van der Waals surface area contributed by atoms with E-state index in [1.54, 1.807) is 0 Å². The van der Waals surface area contributed by atoms with Gasteiger partial charge in [-0.3, -0.25) is 4.79 Å². The first kappa shape index (κ1) is 7.46. The highest BCUT2D eigenvalue weighted by Gasteiger charge is 2.11. The molecular weight excluding hydrogens is 148 g/mol. The molecule has 0 aliphatic heterocycles. The number of nitrogens with zero attached hydrogens (tertiary/aromatic N) is 1. The Morgan fingerprint density at radius 2 is 2.36 bits per heavy atom. The Kier molecular flexibility index (Phi) is 1.72. The van der Waals surface area contributed by atoms with Crippen LogP contribution in [0.25, 0.3) is 0 Å². The van der Waals surface area contributed by atoms with Gasteiger partial charge in [-0.25, -0.2) is 9.78 Å². The molecule has 0 saturated heterocycles. The molecule has 5 heteroatoms. The zero-order valence-electron chi connectivity index (χ0n) is 5.79. The molecule has 1 aromatic heterocycles. The Morgan fingerprint density at radius 3 is 2.73 bits per heavy atom. The molecule has 1 heterocycles. The number of carbonyl (C=O) groups is 1. The zero-order valence-corrected chi connectivity index (χ0v) is 5.79. The summed E-state index contributed by atoms with van der Waals surface area (Å²) in [7, 11) is 0. The molecular formula is C6H6N2O3. The lowest BCUT2D eigenvalue weighted by Crippen LogP contribution is -2.19. The minimum atomic E-state index is -1.25. The Balaban J connectivity index is 3.45. The first-order chi connectivity index (χ1) is 5.13. The number of aryl methyl sites for hydroxylation is 1. The van der Waals surface area contributed by atoms with Crippen molar-refractivity contribution in [2.24, 2.45) is 0 Å². The predicted octanol–water partition coefficient (Wildman–Crippen LogP) is -0.223. The number of aromatic nitrogens is 2. The van der Waals surface area contributed by atoms with E-state index < -0.39 is 11.5 Å². The second-order valence-electron chi connectivity index (χ2n) is 2.00. The Labute approximate surface area is 61.7 Å². The van der Waals surface area contributed by atoms with E-state index in [0.717, 1.165) is 0 Å². The normalized spacial score (nSPS) is 9.55. The fraction of sp³-hybridized carbons (Fsp3) is 0.167. The van der Waals surface area contributed by atoms with Gasteiger partial charge in [0.1, 0.15) is 5.56 Å². The number of H-pyrrole nitrogens is 1. The van der Waals surface area contributed by atoms with Crippen LogP contribution in [0.3, 0.4) is 0 Å². The van der Waals surface area contributed by atoms with Crippen molar-refractivity contribution in [2.75, 3.05) is 0 Å². The van der Waals surface area contributed by atoms with Gasteiger partial charge in [0.25, 0.3) is 5.56 Å². The number of carboxylic acids is 1. The van der Waals surface area contributed by atoms with E-state index in [1.807, 2.05) is 0 Å². The summed E-state index contributed by atoms with van der Waals surface area (Å²) in [6, 6.07) is 0. The molecule has 11 heavy (non-hydrogen) atoms.